The lowest BCUT2D eigenvalue weighted by Crippen LogP contribution is -2.48. The van der Waals surface area contributed by atoms with Crippen LogP contribution in [0.1, 0.15) is 16.1 Å². The molecule has 2 aromatic heterocycles. The van der Waals surface area contributed by atoms with Crippen LogP contribution in [-0.4, -0.2) is 46.5 Å². The van der Waals surface area contributed by atoms with Gasteiger partial charge in [0.05, 0.1) is 12.8 Å². The van der Waals surface area contributed by atoms with Crippen LogP contribution in [0, 0.1) is 0 Å². The van der Waals surface area contributed by atoms with Gasteiger partial charge in [-0.3, -0.25) is 14.5 Å². The molecule has 1 saturated heterocycles. The molecule has 1 aliphatic rings. The fourth-order valence-electron chi connectivity index (χ4n) is 2.60. The minimum absolute atomic E-state index is 0.0738. The molecule has 0 N–H and O–H groups in total. The molecule has 0 aliphatic carbocycles. The molecule has 2 aromatic rings. The van der Waals surface area contributed by atoms with Crippen LogP contribution >= 0.6 is 0 Å². The number of rotatable bonds is 3. The Hall–Kier alpha value is -2.34. The van der Waals surface area contributed by atoms with Crippen molar-refractivity contribution in [3.8, 4) is 0 Å². The molecule has 22 heavy (non-hydrogen) atoms. The molecule has 0 unspecified atom stereocenters. The van der Waals surface area contributed by atoms with E-state index in [1.807, 2.05) is 12.1 Å². The third kappa shape index (κ3) is 3.12. The first-order valence-corrected chi connectivity index (χ1v) is 7.34. The maximum atomic E-state index is 12.4. The Kier molecular flexibility index (Phi) is 4.11. The van der Waals surface area contributed by atoms with E-state index in [9.17, 15) is 9.59 Å². The number of hydrogen-bond acceptors (Lipinski definition) is 4. The molecule has 3 rings (SSSR count). The van der Waals surface area contributed by atoms with Gasteiger partial charge in [0.1, 0.15) is 5.76 Å². The maximum Gasteiger partial charge on any atom is 0.254 e. The van der Waals surface area contributed by atoms with Gasteiger partial charge in [-0.15, -0.1) is 0 Å². The zero-order valence-corrected chi connectivity index (χ0v) is 12.6. The molecule has 0 spiro atoms. The zero-order valence-electron chi connectivity index (χ0n) is 12.6. The van der Waals surface area contributed by atoms with Gasteiger partial charge in [0.25, 0.3) is 11.5 Å². The second-order valence-corrected chi connectivity index (χ2v) is 5.51. The van der Waals surface area contributed by atoms with Gasteiger partial charge in [-0.05, 0) is 18.2 Å². The van der Waals surface area contributed by atoms with E-state index in [4.69, 9.17) is 4.42 Å². The van der Waals surface area contributed by atoms with Crippen molar-refractivity contribution in [2.24, 2.45) is 7.05 Å². The van der Waals surface area contributed by atoms with Gasteiger partial charge in [-0.25, -0.2) is 0 Å². The Balaban J connectivity index is 1.59. The first-order valence-electron chi connectivity index (χ1n) is 7.34. The maximum absolute atomic E-state index is 12.4. The predicted octanol–water partition coefficient (Wildman–Crippen LogP) is 0.936. The number of carbonyl (C=O) groups is 1. The highest BCUT2D eigenvalue weighted by Crippen LogP contribution is 2.11. The number of aromatic nitrogens is 1. The predicted molar refractivity (Wildman–Crippen MR) is 81.6 cm³/mol. The molecular weight excluding hydrogens is 282 g/mol. The van der Waals surface area contributed by atoms with Gasteiger partial charge >= 0.3 is 0 Å². The minimum atomic E-state index is -0.165. The number of nitrogens with zero attached hydrogens (tertiary/aromatic N) is 3. The zero-order chi connectivity index (χ0) is 15.5. The Labute approximate surface area is 128 Å². The standard InChI is InChI=1S/C16H19N3O3/c1-17-5-4-13(11-15(17)20)16(21)19-8-6-18(7-9-19)12-14-3-2-10-22-14/h2-5,10-11H,6-9,12H2,1H3. The molecule has 1 aliphatic heterocycles. The van der Waals surface area contributed by atoms with Crippen LogP contribution in [0.3, 0.4) is 0 Å². The molecule has 0 aromatic carbocycles. The number of carbonyl (C=O) groups excluding carboxylic acids is 1. The van der Waals surface area contributed by atoms with Gasteiger partial charge < -0.3 is 13.9 Å². The smallest absolute Gasteiger partial charge is 0.254 e. The van der Waals surface area contributed by atoms with E-state index >= 15 is 0 Å². The third-order valence-electron chi connectivity index (χ3n) is 3.97. The van der Waals surface area contributed by atoms with Crippen LogP contribution in [0.15, 0.2) is 45.9 Å². The normalized spacial score (nSPS) is 16.0. The van der Waals surface area contributed by atoms with E-state index in [0.717, 1.165) is 25.4 Å². The lowest BCUT2D eigenvalue weighted by atomic mass is 10.2. The third-order valence-corrected chi connectivity index (χ3v) is 3.97. The quantitative estimate of drug-likeness (QED) is 0.846. The molecule has 0 radical (unpaired) electrons. The summed E-state index contributed by atoms with van der Waals surface area (Å²) in [5.74, 6) is 0.863. The number of piperazine rings is 1. The second kappa shape index (κ2) is 6.19. The highest BCUT2D eigenvalue weighted by molar-refractivity contribution is 5.94. The van der Waals surface area contributed by atoms with Crippen molar-refractivity contribution in [2.75, 3.05) is 26.2 Å². The van der Waals surface area contributed by atoms with Crippen molar-refractivity contribution >= 4 is 5.91 Å². The van der Waals surface area contributed by atoms with Crippen molar-refractivity contribution < 1.29 is 9.21 Å². The molecular formula is C16H19N3O3. The Morgan fingerprint density at radius 3 is 2.64 bits per heavy atom. The summed E-state index contributed by atoms with van der Waals surface area (Å²) in [6.07, 6.45) is 3.30. The number of furan rings is 1. The SMILES string of the molecule is Cn1ccc(C(=O)N2CCN(Cc3ccco3)CC2)cc1=O. The van der Waals surface area contributed by atoms with E-state index in [2.05, 4.69) is 4.90 Å². The fourth-order valence-corrected chi connectivity index (χ4v) is 2.60. The summed E-state index contributed by atoms with van der Waals surface area (Å²) in [6.45, 7) is 3.69. The van der Waals surface area contributed by atoms with Crippen LogP contribution in [-0.2, 0) is 13.6 Å². The summed E-state index contributed by atoms with van der Waals surface area (Å²) in [5.41, 5.74) is 0.296. The van der Waals surface area contributed by atoms with E-state index in [-0.39, 0.29) is 11.5 Å². The fraction of sp³-hybridized carbons (Fsp3) is 0.375. The average molecular weight is 301 g/mol. The molecule has 6 nitrogen and oxygen atoms in total. The van der Waals surface area contributed by atoms with Gasteiger partial charge in [-0.1, -0.05) is 0 Å². The minimum Gasteiger partial charge on any atom is -0.468 e. The summed E-state index contributed by atoms with van der Waals surface area (Å²) in [7, 11) is 1.67. The van der Waals surface area contributed by atoms with E-state index < -0.39 is 0 Å². The lowest BCUT2D eigenvalue weighted by Gasteiger charge is -2.34. The van der Waals surface area contributed by atoms with E-state index in [1.165, 1.54) is 10.6 Å². The first-order chi connectivity index (χ1) is 10.6. The second-order valence-electron chi connectivity index (χ2n) is 5.51. The van der Waals surface area contributed by atoms with Gasteiger partial charge in [-0.2, -0.15) is 0 Å². The Morgan fingerprint density at radius 2 is 2.00 bits per heavy atom. The highest BCUT2D eigenvalue weighted by Gasteiger charge is 2.22. The highest BCUT2D eigenvalue weighted by atomic mass is 16.3. The molecule has 6 heteroatoms. The number of aryl methyl sites for hydroxylation is 1. The van der Waals surface area contributed by atoms with Crippen LogP contribution < -0.4 is 5.56 Å². The van der Waals surface area contributed by atoms with Crippen molar-refractivity contribution in [1.82, 2.24) is 14.4 Å². The largest absolute Gasteiger partial charge is 0.468 e. The van der Waals surface area contributed by atoms with Gasteiger partial charge in [0, 0.05) is 51.1 Å². The molecule has 116 valence electrons. The van der Waals surface area contributed by atoms with Crippen molar-refractivity contribution in [3.05, 3.63) is 58.4 Å². The number of hydrogen-bond donors (Lipinski definition) is 0. The molecule has 0 bridgehead atoms. The lowest BCUT2D eigenvalue weighted by molar-refractivity contribution is 0.0620. The van der Waals surface area contributed by atoms with Crippen LogP contribution in [0.25, 0.3) is 0 Å². The molecule has 1 fully saturated rings. The molecule has 0 saturated carbocycles. The van der Waals surface area contributed by atoms with Crippen LogP contribution in [0.5, 0.6) is 0 Å². The summed E-state index contributed by atoms with van der Waals surface area (Å²) in [4.78, 5) is 28.1. The summed E-state index contributed by atoms with van der Waals surface area (Å²) in [5, 5.41) is 0. The molecule has 1 amide bonds. The van der Waals surface area contributed by atoms with E-state index in [0.29, 0.717) is 18.7 Å². The molecule has 0 atom stereocenters. The monoisotopic (exact) mass is 301 g/mol. The van der Waals surface area contributed by atoms with Gasteiger partial charge in [0.2, 0.25) is 0 Å². The summed E-state index contributed by atoms with van der Waals surface area (Å²) >= 11 is 0. The van der Waals surface area contributed by atoms with Crippen molar-refractivity contribution in [1.29, 1.82) is 0 Å². The molecule has 3 heterocycles. The number of pyridine rings is 1. The average Bonchev–Trinajstić information content (AvgIpc) is 3.03. The summed E-state index contributed by atoms with van der Waals surface area (Å²) in [6, 6.07) is 6.93. The van der Waals surface area contributed by atoms with Gasteiger partial charge in [0.15, 0.2) is 0 Å². The van der Waals surface area contributed by atoms with Crippen LogP contribution in [0.2, 0.25) is 0 Å². The Bertz CT molecular complexity index is 698. The Morgan fingerprint density at radius 1 is 1.23 bits per heavy atom. The first kappa shape index (κ1) is 14.6. The van der Waals surface area contributed by atoms with Crippen molar-refractivity contribution in [2.45, 2.75) is 6.54 Å². The topological polar surface area (TPSA) is 58.7 Å². The van der Waals surface area contributed by atoms with E-state index in [1.54, 1.807) is 30.5 Å². The number of amides is 1. The van der Waals surface area contributed by atoms with Crippen LogP contribution in [0.4, 0.5) is 0 Å². The van der Waals surface area contributed by atoms with Crippen molar-refractivity contribution in [3.63, 3.8) is 0 Å². The summed E-state index contributed by atoms with van der Waals surface area (Å²) < 4.78 is 6.80.